The SMILES string of the molecule is CCC(C)NC(CN)c1coc2ccccc12. The number of hydrogen-bond donors (Lipinski definition) is 2. The van der Waals surface area contributed by atoms with E-state index in [0.29, 0.717) is 12.6 Å². The van der Waals surface area contributed by atoms with Crippen LogP contribution in [0.4, 0.5) is 0 Å². The number of nitrogens with two attached hydrogens (primary N) is 1. The van der Waals surface area contributed by atoms with E-state index in [1.165, 1.54) is 0 Å². The Labute approximate surface area is 102 Å². The molecule has 3 nitrogen and oxygen atoms in total. The minimum Gasteiger partial charge on any atom is -0.464 e. The van der Waals surface area contributed by atoms with Crippen LogP contribution in [0.5, 0.6) is 0 Å². The lowest BCUT2D eigenvalue weighted by molar-refractivity contribution is 0.449. The van der Waals surface area contributed by atoms with Gasteiger partial charge in [0.05, 0.1) is 6.26 Å². The van der Waals surface area contributed by atoms with Crippen LogP contribution >= 0.6 is 0 Å². The summed E-state index contributed by atoms with van der Waals surface area (Å²) in [4.78, 5) is 0. The molecule has 1 heterocycles. The largest absolute Gasteiger partial charge is 0.464 e. The van der Waals surface area contributed by atoms with Crippen molar-refractivity contribution in [2.75, 3.05) is 6.54 Å². The Bertz CT molecular complexity index is 478. The third-order valence-corrected chi connectivity index (χ3v) is 3.22. The van der Waals surface area contributed by atoms with Crippen LogP contribution in [0, 0.1) is 0 Å². The predicted molar refractivity (Wildman–Crippen MR) is 70.9 cm³/mol. The third kappa shape index (κ3) is 2.51. The molecular formula is C14H20N2O. The summed E-state index contributed by atoms with van der Waals surface area (Å²) in [5.41, 5.74) is 7.93. The molecule has 0 aliphatic rings. The van der Waals surface area contributed by atoms with E-state index >= 15 is 0 Å². The van der Waals surface area contributed by atoms with Gasteiger partial charge in [0, 0.05) is 29.6 Å². The molecule has 0 saturated heterocycles. The van der Waals surface area contributed by atoms with Gasteiger partial charge in [-0.15, -0.1) is 0 Å². The summed E-state index contributed by atoms with van der Waals surface area (Å²) in [6.07, 6.45) is 2.91. The van der Waals surface area contributed by atoms with Crippen LogP contribution in [-0.4, -0.2) is 12.6 Å². The monoisotopic (exact) mass is 232 g/mol. The molecule has 0 aliphatic carbocycles. The molecule has 17 heavy (non-hydrogen) atoms. The maximum Gasteiger partial charge on any atom is 0.134 e. The molecule has 2 unspecified atom stereocenters. The normalized spacial score (nSPS) is 15.0. The van der Waals surface area contributed by atoms with E-state index in [1.54, 1.807) is 0 Å². The van der Waals surface area contributed by atoms with Crippen molar-refractivity contribution < 1.29 is 4.42 Å². The fourth-order valence-corrected chi connectivity index (χ4v) is 2.01. The van der Waals surface area contributed by atoms with E-state index in [4.69, 9.17) is 10.2 Å². The molecule has 0 amide bonds. The summed E-state index contributed by atoms with van der Waals surface area (Å²) in [6.45, 7) is 4.91. The van der Waals surface area contributed by atoms with E-state index in [-0.39, 0.29) is 6.04 Å². The Kier molecular flexibility index (Phi) is 3.82. The lowest BCUT2D eigenvalue weighted by atomic mass is 10.0. The fourth-order valence-electron chi connectivity index (χ4n) is 2.01. The summed E-state index contributed by atoms with van der Waals surface area (Å²) >= 11 is 0. The Balaban J connectivity index is 2.30. The first-order chi connectivity index (χ1) is 8.26. The van der Waals surface area contributed by atoms with Gasteiger partial charge in [-0.3, -0.25) is 0 Å². The molecule has 0 aliphatic heterocycles. The van der Waals surface area contributed by atoms with Crippen LogP contribution in [-0.2, 0) is 0 Å². The van der Waals surface area contributed by atoms with E-state index < -0.39 is 0 Å². The zero-order valence-electron chi connectivity index (χ0n) is 10.4. The third-order valence-electron chi connectivity index (χ3n) is 3.22. The molecule has 0 bridgehead atoms. The van der Waals surface area contributed by atoms with Crippen LogP contribution in [0.1, 0.15) is 31.9 Å². The standard InChI is InChI=1S/C14H20N2O/c1-3-10(2)16-13(8-15)12-9-17-14-7-5-4-6-11(12)14/h4-7,9-10,13,16H,3,8,15H2,1-2H3. The quantitative estimate of drug-likeness (QED) is 0.833. The van der Waals surface area contributed by atoms with Gasteiger partial charge in [-0.25, -0.2) is 0 Å². The summed E-state index contributed by atoms with van der Waals surface area (Å²) in [5, 5.41) is 4.68. The lowest BCUT2D eigenvalue weighted by Gasteiger charge is -2.20. The Morgan fingerprint density at radius 3 is 2.82 bits per heavy atom. The van der Waals surface area contributed by atoms with Crippen LogP contribution in [0.25, 0.3) is 11.0 Å². The molecule has 3 heteroatoms. The number of fused-ring (bicyclic) bond motifs is 1. The second-order valence-corrected chi connectivity index (χ2v) is 4.45. The molecule has 1 aromatic heterocycles. The average molecular weight is 232 g/mol. The molecule has 92 valence electrons. The highest BCUT2D eigenvalue weighted by molar-refractivity contribution is 5.81. The molecule has 0 radical (unpaired) electrons. The van der Waals surface area contributed by atoms with Gasteiger partial charge in [-0.1, -0.05) is 25.1 Å². The van der Waals surface area contributed by atoms with Gasteiger partial charge < -0.3 is 15.5 Å². The second kappa shape index (κ2) is 5.34. The van der Waals surface area contributed by atoms with E-state index in [2.05, 4.69) is 25.2 Å². The number of benzene rings is 1. The first kappa shape index (κ1) is 12.1. The number of nitrogens with one attached hydrogen (secondary N) is 1. The van der Waals surface area contributed by atoms with E-state index in [9.17, 15) is 0 Å². The fraction of sp³-hybridized carbons (Fsp3) is 0.429. The predicted octanol–water partition coefficient (Wildman–Crippen LogP) is 2.82. The molecule has 2 atom stereocenters. The van der Waals surface area contributed by atoms with Crippen molar-refractivity contribution in [2.24, 2.45) is 5.73 Å². The molecule has 2 rings (SSSR count). The summed E-state index contributed by atoms with van der Waals surface area (Å²) < 4.78 is 5.55. The van der Waals surface area contributed by atoms with Crippen LogP contribution in [0.15, 0.2) is 34.9 Å². The van der Waals surface area contributed by atoms with Crippen molar-refractivity contribution in [3.8, 4) is 0 Å². The van der Waals surface area contributed by atoms with Gasteiger partial charge in [-0.05, 0) is 19.4 Å². The molecule has 2 aromatic rings. The summed E-state index contributed by atoms with van der Waals surface area (Å²) in [5.74, 6) is 0. The molecule has 0 spiro atoms. The van der Waals surface area contributed by atoms with Gasteiger partial charge in [0.15, 0.2) is 0 Å². The lowest BCUT2D eigenvalue weighted by Crippen LogP contribution is -2.34. The van der Waals surface area contributed by atoms with Crippen molar-refractivity contribution in [2.45, 2.75) is 32.4 Å². The van der Waals surface area contributed by atoms with Crippen molar-refractivity contribution in [3.63, 3.8) is 0 Å². The first-order valence-corrected chi connectivity index (χ1v) is 6.18. The topological polar surface area (TPSA) is 51.2 Å². The molecule has 1 aromatic carbocycles. The average Bonchev–Trinajstić information content (AvgIpc) is 2.79. The van der Waals surface area contributed by atoms with Gasteiger partial charge >= 0.3 is 0 Å². The van der Waals surface area contributed by atoms with Crippen molar-refractivity contribution >= 4 is 11.0 Å². The maximum atomic E-state index is 5.85. The highest BCUT2D eigenvalue weighted by Gasteiger charge is 2.16. The minimum atomic E-state index is 0.161. The number of rotatable bonds is 5. The number of furan rings is 1. The summed E-state index contributed by atoms with van der Waals surface area (Å²) in [6, 6.07) is 8.68. The van der Waals surface area contributed by atoms with Gasteiger partial charge in [0.25, 0.3) is 0 Å². The van der Waals surface area contributed by atoms with Gasteiger partial charge in [-0.2, -0.15) is 0 Å². The molecule has 3 N–H and O–H groups in total. The minimum absolute atomic E-state index is 0.161. The van der Waals surface area contributed by atoms with Crippen molar-refractivity contribution in [3.05, 3.63) is 36.1 Å². The molecule has 0 fully saturated rings. The van der Waals surface area contributed by atoms with Gasteiger partial charge in [0.1, 0.15) is 5.58 Å². The van der Waals surface area contributed by atoms with Crippen molar-refractivity contribution in [1.29, 1.82) is 0 Å². The van der Waals surface area contributed by atoms with Crippen LogP contribution in [0.2, 0.25) is 0 Å². The highest BCUT2D eigenvalue weighted by atomic mass is 16.3. The van der Waals surface area contributed by atoms with E-state index in [0.717, 1.165) is 23.0 Å². The number of para-hydroxylation sites is 1. The second-order valence-electron chi connectivity index (χ2n) is 4.45. The van der Waals surface area contributed by atoms with Gasteiger partial charge in [0.2, 0.25) is 0 Å². The Morgan fingerprint density at radius 2 is 2.12 bits per heavy atom. The number of hydrogen-bond acceptors (Lipinski definition) is 3. The zero-order valence-corrected chi connectivity index (χ0v) is 10.4. The molecule has 0 saturated carbocycles. The van der Waals surface area contributed by atoms with Crippen LogP contribution < -0.4 is 11.1 Å². The van der Waals surface area contributed by atoms with E-state index in [1.807, 2.05) is 24.5 Å². The Morgan fingerprint density at radius 1 is 1.35 bits per heavy atom. The highest BCUT2D eigenvalue weighted by Crippen LogP contribution is 2.26. The van der Waals surface area contributed by atoms with Crippen LogP contribution in [0.3, 0.4) is 0 Å². The Hall–Kier alpha value is -1.32. The zero-order chi connectivity index (χ0) is 12.3. The maximum absolute atomic E-state index is 5.85. The molecular weight excluding hydrogens is 212 g/mol. The summed E-state index contributed by atoms with van der Waals surface area (Å²) in [7, 11) is 0. The smallest absolute Gasteiger partial charge is 0.134 e. The first-order valence-electron chi connectivity index (χ1n) is 6.18. The van der Waals surface area contributed by atoms with Crippen molar-refractivity contribution in [1.82, 2.24) is 5.32 Å².